The Labute approximate surface area is 71.4 Å². The van der Waals surface area contributed by atoms with Crippen LogP contribution in [0.5, 0.6) is 0 Å². The van der Waals surface area contributed by atoms with E-state index in [1.54, 1.807) is 6.92 Å². The number of carboxylic acid groups (broad SMARTS) is 1. The Hall–Kier alpha value is -0.180. The molecule has 1 N–H and O–H groups in total. The molecule has 0 radical (unpaired) electrons. The Morgan fingerprint density at radius 2 is 2.36 bits per heavy atom. The van der Waals surface area contributed by atoms with Gasteiger partial charge >= 0.3 is 5.97 Å². The molecule has 0 aromatic rings. The van der Waals surface area contributed by atoms with Crippen LogP contribution in [0, 0.1) is 5.92 Å². The van der Waals surface area contributed by atoms with Gasteiger partial charge in [-0.2, -0.15) is 11.8 Å². The van der Waals surface area contributed by atoms with E-state index >= 15 is 0 Å². The van der Waals surface area contributed by atoms with Crippen LogP contribution in [0.25, 0.3) is 0 Å². The molecule has 1 unspecified atom stereocenters. The van der Waals surface area contributed by atoms with Gasteiger partial charge in [0.1, 0.15) is 0 Å². The Morgan fingerprint density at radius 1 is 1.73 bits per heavy atom. The molecule has 1 fully saturated rings. The molecule has 1 atom stereocenters. The molecular weight excluding hydrogens is 160 g/mol. The van der Waals surface area contributed by atoms with Crippen LogP contribution in [-0.4, -0.2) is 22.1 Å². The van der Waals surface area contributed by atoms with E-state index in [1.807, 2.05) is 11.8 Å². The summed E-state index contributed by atoms with van der Waals surface area (Å²) >= 11 is 1.82. The van der Waals surface area contributed by atoms with Gasteiger partial charge in [0, 0.05) is 11.0 Å². The zero-order valence-electron chi connectivity index (χ0n) is 6.75. The quantitative estimate of drug-likeness (QED) is 0.708. The molecule has 0 amide bonds. The Bertz CT molecular complexity index is 143. The number of carbonyl (C=O) groups is 1. The summed E-state index contributed by atoms with van der Waals surface area (Å²) in [4.78, 5) is 10.4. The molecule has 2 nitrogen and oxygen atoms in total. The van der Waals surface area contributed by atoms with Gasteiger partial charge in [0.25, 0.3) is 0 Å². The van der Waals surface area contributed by atoms with Crippen molar-refractivity contribution in [2.75, 3.05) is 5.75 Å². The SMILES string of the molecule is CC(CSC1CCC1)C(=O)O. The normalized spacial score (nSPS) is 20.8. The lowest BCUT2D eigenvalue weighted by molar-refractivity contribution is -0.140. The molecule has 0 spiro atoms. The van der Waals surface area contributed by atoms with E-state index in [0.29, 0.717) is 0 Å². The summed E-state index contributed by atoms with van der Waals surface area (Å²) in [5.41, 5.74) is 0. The van der Waals surface area contributed by atoms with Crippen molar-refractivity contribution in [2.45, 2.75) is 31.4 Å². The van der Waals surface area contributed by atoms with Gasteiger partial charge in [0.2, 0.25) is 0 Å². The molecule has 0 aliphatic heterocycles. The van der Waals surface area contributed by atoms with Gasteiger partial charge in [0.05, 0.1) is 5.92 Å². The second-order valence-corrected chi connectivity index (χ2v) is 4.46. The summed E-state index contributed by atoms with van der Waals surface area (Å²) in [5, 5.41) is 9.33. The van der Waals surface area contributed by atoms with Crippen molar-refractivity contribution in [3.05, 3.63) is 0 Å². The number of rotatable bonds is 4. The van der Waals surface area contributed by atoms with Crippen molar-refractivity contribution < 1.29 is 9.90 Å². The predicted octanol–water partition coefficient (Wildman–Crippen LogP) is 1.99. The summed E-state index contributed by atoms with van der Waals surface area (Å²) in [6.45, 7) is 1.77. The minimum absolute atomic E-state index is 0.180. The van der Waals surface area contributed by atoms with Crippen molar-refractivity contribution in [3.8, 4) is 0 Å². The highest BCUT2D eigenvalue weighted by Gasteiger charge is 2.20. The molecule has 0 bridgehead atoms. The number of hydrogen-bond acceptors (Lipinski definition) is 2. The fourth-order valence-corrected chi connectivity index (χ4v) is 2.26. The van der Waals surface area contributed by atoms with Gasteiger partial charge in [-0.05, 0) is 12.8 Å². The number of thioether (sulfide) groups is 1. The Morgan fingerprint density at radius 3 is 2.73 bits per heavy atom. The summed E-state index contributed by atoms with van der Waals surface area (Å²) in [6.07, 6.45) is 3.91. The molecule has 1 aliphatic rings. The lowest BCUT2D eigenvalue weighted by Gasteiger charge is -2.25. The lowest BCUT2D eigenvalue weighted by Crippen LogP contribution is -2.18. The van der Waals surface area contributed by atoms with E-state index in [9.17, 15) is 4.79 Å². The second-order valence-electron chi connectivity index (χ2n) is 3.13. The minimum Gasteiger partial charge on any atom is -0.481 e. The topological polar surface area (TPSA) is 37.3 Å². The maximum atomic E-state index is 10.4. The molecule has 1 saturated carbocycles. The van der Waals surface area contributed by atoms with E-state index in [2.05, 4.69) is 0 Å². The van der Waals surface area contributed by atoms with E-state index in [0.717, 1.165) is 11.0 Å². The summed E-state index contributed by atoms with van der Waals surface area (Å²) in [5.74, 6) is -0.0718. The average molecular weight is 174 g/mol. The number of carboxylic acids is 1. The smallest absolute Gasteiger partial charge is 0.307 e. The molecule has 1 aliphatic carbocycles. The average Bonchev–Trinajstić information content (AvgIpc) is 1.83. The van der Waals surface area contributed by atoms with E-state index in [1.165, 1.54) is 19.3 Å². The van der Waals surface area contributed by atoms with Crippen LogP contribution in [0.4, 0.5) is 0 Å². The Balaban J connectivity index is 2.05. The second kappa shape index (κ2) is 4.00. The van der Waals surface area contributed by atoms with Gasteiger partial charge in [-0.1, -0.05) is 13.3 Å². The first-order chi connectivity index (χ1) is 5.20. The monoisotopic (exact) mass is 174 g/mol. The Kier molecular flexibility index (Phi) is 3.24. The van der Waals surface area contributed by atoms with Crippen LogP contribution in [0.2, 0.25) is 0 Å². The fraction of sp³-hybridized carbons (Fsp3) is 0.875. The fourth-order valence-electron chi connectivity index (χ4n) is 0.889. The van der Waals surface area contributed by atoms with Gasteiger partial charge in [-0.3, -0.25) is 4.79 Å². The first-order valence-electron chi connectivity index (χ1n) is 4.04. The van der Waals surface area contributed by atoms with Crippen LogP contribution in [0.3, 0.4) is 0 Å². The standard InChI is InChI=1S/C8H14O2S/c1-6(8(9)10)5-11-7-3-2-4-7/h6-7H,2-5H2,1H3,(H,9,10). The van der Waals surface area contributed by atoms with E-state index in [4.69, 9.17) is 5.11 Å². The first kappa shape index (κ1) is 8.91. The van der Waals surface area contributed by atoms with Crippen LogP contribution in [0.15, 0.2) is 0 Å². The molecule has 0 aromatic carbocycles. The van der Waals surface area contributed by atoms with Crippen LogP contribution in [-0.2, 0) is 4.79 Å². The third-order valence-corrected chi connectivity index (χ3v) is 3.69. The third-order valence-electron chi connectivity index (χ3n) is 2.06. The van der Waals surface area contributed by atoms with Crippen molar-refractivity contribution >= 4 is 17.7 Å². The molecule has 64 valence electrons. The maximum Gasteiger partial charge on any atom is 0.307 e. The highest BCUT2D eigenvalue weighted by molar-refractivity contribution is 7.99. The first-order valence-corrected chi connectivity index (χ1v) is 5.09. The van der Waals surface area contributed by atoms with Crippen molar-refractivity contribution in [3.63, 3.8) is 0 Å². The zero-order valence-corrected chi connectivity index (χ0v) is 7.56. The van der Waals surface area contributed by atoms with Gasteiger partial charge < -0.3 is 5.11 Å². The molecule has 0 saturated heterocycles. The third kappa shape index (κ3) is 2.73. The van der Waals surface area contributed by atoms with Crippen molar-refractivity contribution in [2.24, 2.45) is 5.92 Å². The maximum absolute atomic E-state index is 10.4. The molecule has 1 rings (SSSR count). The lowest BCUT2D eigenvalue weighted by atomic mass is 10.00. The minimum atomic E-state index is -0.670. The molecular formula is C8H14O2S. The number of hydrogen-bond donors (Lipinski definition) is 1. The summed E-state index contributed by atoms with van der Waals surface area (Å²) < 4.78 is 0. The van der Waals surface area contributed by atoms with Crippen LogP contribution < -0.4 is 0 Å². The molecule has 0 heterocycles. The van der Waals surface area contributed by atoms with E-state index in [-0.39, 0.29) is 5.92 Å². The van der Waals surface area contributed by atoms with Gasteiger partial charge in [-0.25, -0.2) is 0 Å². The summed E-state index contributed by atoms with van der Waals surface area (Å²) in [6, 6.07) is 0. The predicted molar refractivity (Wildman–Crippen MR) is 46.9 cm³/mol. The number of aliphatic carboxylic acids is 1. The highest BCUT2D eigenvalue weighted by atomic mass is 32.2. The summed E-state index contributed by atoms with van der Waals surface area (Å²) in [7, 11) is 0. The van der Waals surface area contributed by atoms with Gasteiger partial charge in [0.15, 0.2) is 0 Å². The largest absolute Gasteiger partial charge is 0.481 e. The molecule has 3 heteroatoms. The van der Waals surface area contributed by atoms with Crippen molar-refractivity contribution in [1.82, 2.24) is 0 Å². The molecule has 0 aromatic heterocycles. The zero-order chi connectivity index (χ0) is 8.27. The van der Waals surface area contributed by atoms with Crippen molar-refractivity contribution in [1.29, 1.82) is 0 Å². The van der Waals surface area contributed by atoms with Gasteiger partial charge in [-0.15, -0.1) is 0 Å². The van der Waals surface area contributed by atoms with Crippen LogP contribution in [0.1, 0.15) is 26.2 Å². The highest BCUT2D eigenvalue weighted by Crippen LogP contribution is 2.32. The molecule has 11 heavy (non-hydrogen) atoms. The van der Waals surface area contributed by atoms with Crippen LogP contribution >= 0.6 is 11.8 Å². The van der Waals surface area contributed by atoms with E-state index < -0.39 is 5.97 Å².